The molecule has 132 valence electrons. The minimum absolute atomic E-state index is 0.132. The molecule has 0 heterocycles. The van der Waals surface area contributed by atoms with Crippen molar-refractivity contribution in [1.82, 2.24) is 0 Å². The van der Waals surface area contributed by atoms with Crippen LogP contribution in [-0.2, 0) is 0 Å². The molecule has 4 aromatic rings. The van der Waals surface area contributed by atoms with Gasteiger partial charge in [0.1, 0.15) is 23.6 Å². The number of phenols is 2. The van der Waals surface area contributed by atoms with Crippen molar-refractivity contribution in [3.63, 3.8) is 0 Å². The zero-order chi connectivity index (χ0) is 19.7. The molecule has 0 amide bonds. The topological polar surface area (TPSA) is 88.0 Å². The van der Waals surface area contributed by atoms with Gasteiger partial charge in [-0.2, -0.15) is 10.5 Å². The van der Waals surface area contributed by atoms with E-state index in [-0.39, 0.29) is 22.6 Å². The molecule has 0 saturated carbocycles. The zero-order valence-corrected chi connectivity index (χ0v) is 14.7. The first kappa shape index (κ1) is 17.1. The van der Waals surface area contributed by atoms with Gasteiger partial charge in [0.05, 0.1) is 11.1 Å². The molecule has 0 aromatic heterocycles. The third kappa shape index (κ3) is 2.70. The summed E-state index contributed by atoms with van der Waals surface area (Å²) in [4.78, 5) is 0. The first-order valence-corrected chi connectivity index (χ1v) is 8.61. The van der Waals surface area contributed by atoms with Crippen molar-refractivity contribution in [3.8, 4) is 45.9 Å². The summed E-state index contributed by atoms with van der Waals surface area (Å²) in [6.07, 6.45) is 0. The average Bonchev–Trinajstić information content (AvgIpc) is 2.73. The lowest BCUT2D eigenvalue weighted by molar-refractivity contribution is 0.475. The number of hydrogen-bond donors (Lipinski definition) is 2. The molecule has 4 nitrogen and oxygen atoms in total. The molecule has 0 fully saturated rings. The summed E-state index contributed by atoms with van der Waals surface area (Å²) >= 11 is 0. The normalized spacial score (nSPS) is 10.4. The van der Waals surface area contributed by atoms with Crippen LogP contribution in [0.2, 0.25) is 0 Å². The van der Waals surface area contributed by atoms with E-state index in [0.717, 1.165) is 21.9 Å². The highest BCUT2D eigenvalue weighted by Crippen LogP contribution is 2.42. The van der Waals surface area contributed by atoms with Gasteiger partial charge in [0.2, 0.25) is 0 Å². The molecule has 28 heavy (non-hydrogen) atoms. The van der Waals surface area contributed by atoms with Gasteiger partial charge in [0, 0.05) is 11.1 Å². The Kier molecular flexibility index (Phi) is 4.16. The number of phenolic OH excluding ortho intramolecular Hbond substituents is 2. The Morgan fingerprint density at radius 2 is 0.893 bits per heavy atom. The van der Waals surface area contributed by atoms with Gasteiger partial charge in [0.25, 0.3) is 0 Å². The van der Waals surface area contributed by atoms with E-state index >= 15 is 0 Å². The number of benzene rings is 4. The van der Waals surface area contributed by atoms with Gasteiger partial charge in [-0.3, -0.25) is 0 Å². The second-order valence-electron chi connectivity index (χ2n) is 6.36. The van der Waals surface area contributed by atoms with Gasteiger partial charge < -0.3 is 10.2 Å². The molecule has 0 radical (unpaired) electrons. The van der Waals surface area contributed by atoms with Crippen LogP contribution in [0.5, 0.6) is 11.5 Å². The minimum Gasteiger partial charge on any atom is -0.508 e. The summed E-state index contributed by atoms with van der Waals surface area (Å²) in [5.41, 5.74) is 3.40. The van der Waals surface area contributed by atoms with Crippen LogP contribution in [0.25, 0.3) is 33.0 Å². The highest BCUT2D eigenvalue weighted by atomic mass is 16.3. The molecular weight excluding hydrogens is 348 g/mol. The van der Waals surface area contributed by atoms with Crippen LogP contribution in [0.3, 0.4) is 0 Å². The molecule has 4 rings (SSSR count). The van der Waals surface area contributed by atoms with E-state index in [2.05, 4.69) is 12.1 Å². The van der Waals surface area contributed by atoms with Crippen molar-refractivity contribution in [2.75, 3.05) is 0 Å². The number of fused-ring (bicyclic) bond motifs is 1. The summed E-state index contributed by atoms with van der Waals surface area (Å²) < 4.78 is 0. The van der Waals surface area contributed by atoms with Crippen LogP contribution >= 0.6 is 0 Å². The Labute approximate surface area is 161 Å². The van der Waals surface area contributed by atoms with E-state index in [0.29, 0.717) is 11.1 Å². The quantitative estimate of drug-likeness (QED) is 0.504. The van der Waals surface area contributed by atoms with Gasteiger partial charge >= 0.3 is 0 Å². The van der Waals surface area contributed by atoms with Gasteiger partial charge in [-0.05, 0) is 46.2 Å². The smallest absolute Gasteiger partial charge is 0.115 e. The second kappa shape index (κ2) is 6.79. The molecular formula is C24H14N2O2. The van der Waals surface area contributed by atoms with Crippen molar-refractivity contribution >= 4 is 10.8 Å². The van der Waals surface area contributed by atoms with Crippen molar-refractivity contribution in [1.29, 1.82) is 10.5 Å². The van der Waals surface area contributed by atoms with E-state index in [4.69, 9.17) is 0 Å². The molecule has 4 aromatic carbocycles. The highest BCUT2D eigenvalue weighted by molar-refractivity contribution is 6.09. The molecule has 0 saturated heterocycles. The summed E-state index contributed by atoms with van der Waals surface area (Å²) in [6, 6.07) is 25.2. The zero-order valence-electron chi connectivity index (χ0n) is 14.7. The minimum atomic E-state index is 0.132. The lowest BCUT2D eigenvalue weighted by Gasteiger charge is -2.16. The van der Waals surface area contributed by atoms with Crippen LogP contribution in [0, 0.1) is 22.7 Å². The molecule has 0 unspecified atom stereocenters. The fourth-order valence-electron chi connectivity index (χ4n) is 3.52. The SMILES string of the molecule is N#Cc1c(C#N)c(-c2ccc(O)cc2)c2ccccc2c1-c1ccc(O)cc1. The summed E-state index contributed by atoms with van der Waals surface area (Å²) in [7, 11) is 0. The number of hydrogen-bond acceptors (Lipinski definition) is 4. The van der Waals surface area contributed by atoms with Gasteiger partial charge in [0.15, 0.2) is 0 Å². The lowest BCUT2D eigenvalue weighted by Crippen LogP contribution is -1.97. The molecule has 0 aliphatic rings. The first-order chi connectivity index (χ1) is 13.6. The Bertz CT molecular complexity index is 1170. The molecule has 4 heteroatoms. The Hall–Kier alpha value is -4.28. The maximum atomic E-state index is 9.93. The summed E-state index contributed by atoms with van der Waals surface area (Å²) in [6.45, 7) is 0. The standard InChI is InChI=1S/C24H14N2O2/c25-13-21-22(14-26)24(16-7-11-18(28)12-8-16)20-4-2-1-3-19(20)23(21)15-5-9-17(27)10-6-15/h1-12,27-28H. The van der Waals surface area contributed by atoms with Crippen LogP contribution < -0.4 is 0 Å². The van der Waals surface area contributed by atoms with E-state index in [1.807, 2.05) is 24.3 Å². The predicted molar refractivity (Wildman–Crippen MR) is 108 cm³/mol. The van der Waals surface area contributed by atoms with Crippen molar-refractivity contribution < 1.29 is 10.2 Å². The molecule has 2 N–H and O–H groups in total. The fraction of sp³-hybridized carbons (Fsp3) is 0. The van der Waals surface area contributed by atoms with Crippen molar-refractivity contribution in [2.24, 2.45) is 0 Å². The van der Waals surface area contributed by atoms with Gasteiger partial charge in [-0.15, -0.1) is 0 Å². The Morgan fingerprint density at radius 3 is 1.21 bits per heavy atom. The van der Waals surface area contributed by atoms with Crippen LogP contribution in [0.1, 0.15) is 11.1 Å². The number of nitrogens with zero attached hydrogens (tertiary/aromatic N) is 2. The van der Waals surface area contributed by atoms with Crippen molar-refractivity contribution in [2.45, 2.75) is 0 Å². The maximum absolute atomic E-state index is 9.93. The highest BCUT2D eigenvalue weighted by Gasteiger charge is 2.21. The maximum Gasteiger partial charge on any atom is 0.115 e. The van der Waals surface area contributed by atoms with Crippen molar-refractivity contribution in [3.05, 3.63) is 83.9 Å². The van der Waals surface area contributed by atoms with E-state index in [9.17, 15) is 20.7 Å². The Balaban J connectivity index is 2.18. The number of aromatic hydroxyl groups is 2. The van der Waals surface area contributed by atoms with Crippen LogP contribution in [0.4, 0.5) is 0 Å². The lowest BCUT2D eigenvalue weighted by atomic mass is 9.84. The number of nitriles is 2. The van der Waals surface area contributed by atoms with Crippen LogP contribution in [0.15, 0.2) is 72.8 Å². The second-order valence-corrected chi connectivity index (χ2v) is 6.36. The predicted octanol–water partition coefficient (Wildman–Crippen LogP) is 5.33. The molecule has 0 atom stereocenters. The summed E-state index contributed by atoms with van der Waals surface area (Å²) in [5, 5.41) is 40.8. The molecule has 0 aliphatic heterocycles. The molecule has 0 aliphatic carbocycles. The van der Waals surface area contributed by atoms with E-state index < -0.39 is 0 Å². The molecule has 0 bridgehead atoms. The number of rotatable bonds is 2. The van der Waals surface area contributed by atoms with Crippen LogP contribution in [-0.4, -0.2) is 10.2 Å². The summed E-state index contributed by atoms with van der Waals surface area (Å²) in [5.74, 6) is 0.264. The average molecular weight is 362 g/mol. The van der Waals surface area contributed by atoms with Gasteiger partial charge in [-0.1, -0.05) is 48.5 Å². The van der Waals surface area contributed by atoms with Gasteiger partial charge in [-0.25, -0.2) is 0 Å². The fourth-order valence-corrected chi connectivity index (χ4v) is 3.52. The third-order valence-corrected chi connectivity index (χ3v) is 4.75. The van der Waals surface area contributed by atoms with E-state index in [1.54, 1.807) is 48.5 Å². The Morgan fingerprint density at radius 1 is 0.536 bits per heavy atom. The third-order valence-electron chi connectivity index (χ3n) is 4.75. The largest absolute Gasteiger partial charge is 0.508 e. The van der Waals surface area contributed by atoms with E-state index in [1.165, 1.54) is 0 Å². The monoisotopic (exact) mass is 362 g/mol. The molecule has 0 spiro atoms. The first-order valence-electron chi connectivity index (χ1n) is 8.61.